The monoisotopic (exact) mass is 260 g/mol. The van der Waals surface area contributed by atoms with Crippen LogP contribution in [0.3, 0.4) is 0 Å². The summed E-state index contributed by atoms with van der Waals surface area (Å²) < 4.78 is 0. The van der Waals surface area contributed by atoms with Crippen LogP contribution < -0.4 is 5.32 Å². The Morgan fingerprint density at radius 3 is 2.68 bits per heavy atom. The zero-order valence-electron chi connectivity index (χ0n) is 11.2. The van der Waals surface area contributed by atoms with Crippen molar-refractivity contribution in [3.05, 3.63) is 34.6 Å². The number of nitrogens with zero attached hydrogens (tertiary/aromatic N) is 3. The average molecular weight is 260 g/mol. The third kappa shape index (κ3) is 3.15. The molecule has 0 aliphatic rings. The number of nitrogens with one attached hydrogen (secondary N) is 1. The Hall–Kier alpha value is -2.24. The van der Waals surface area contributed by atoms with E-state index < -0.39 is 4.92 Å². The number of hydrogen-bond acceptors (Lipinski definition) is 5. The van der Waals surface area contributed by atoms with E-state index in [1.54, 1.807) is 6.07 Å². The molecule has 0 aliphatic carbocycles. The van der Waals surface area contributed by atoms with Gasteiger partial charge in [0, 0.05) is 24.1 Å². The maximum atomic E-state index is 10.8. The molecule has 0 bridgehead atoms. The number of benzene rings is 1. The van der Waals surface area contributed by atoms with Gasteiger partial charge in [0.15, 0.2) is 0 Å². The van der Waals surface area contributed by atoms with Gasteiger partial charge in [-0.3, -0.25) is 10.1 Å². The topological polar surface area (TPSA) is 81.0 Å². The fraction of sp³-hybridized carbons (Fsp3) is 0.385. The molecule has 0 radical (unpaired) electrons. The molecule has 19 heavy (non-hydrogen) atoms. The minimum Gasteiger partial charge on any atom is -0.369 e. The summed E-state index contributed by atoms with van der Waals surface area (Å²) in [4.78, 5) is 18.7. The van der Waals surface area contributed by atoms with Crippen molar-refractivity contribution in [2.45, 2.75) is 20.8 Å². The van der Waals surface area contributed by atoms with Crippen molar-refractivity contribution >= 4 is 22.4 Å². The van der Waals surface area contributed by atoms with Crippen LogP contribution >= 0.6 is 0 Å². The van der Waals surface area contributed by atoms with E-state index in [2.05, 4.69) is 36.1 Å². The van der Waals surface area contributed by atoms with Gasteiger partial charge in [-0.15, -0.1) is 0 Å². The van der Waals surface area contributed by atoms with E-state index in [0.717, 1.165) is 6.54 Å². The third-order valence-corrected chi connectivity index (χ3v) is 2.62. The highest BCUT2D eigenvalue weighted by Gasteiger charge is 2.13. The van der Waals surface area contributed by atoms with Crippen LogP contribution in [0.15, 0.2) is 24.5 Å². The van der Waals surface area contributed by atoms with E-state index in [9.17, 15) is 10.1 Å². The molecule has 0 unspecified atom stereocenters. The molecule has 0 amide bonds. The number of nitro benzene ring substituents is 1. The zero-order chi connectivity index (χ0) is 14.0. The maximum absolute atomic E-state index is 10.8. The molecule has 1 aromatic heterocycles. The van der Waals surface area contributed by atoms with Crippen LogP contribution in [0.25, 0.3) is 10.9 Å². The molecule has 6 nitrogen and oxygen atoms in total. The lowest BCUT2D eigenvalue weighted by atomic mass is 9.97. The first-order valence-electron chi connectivity index (χ1n) is 6.00. The maximum Gasteiger partial charge on any atom is 0.270 e. The van der Waals surface area contributed by atoms with Gasteiger partial charge in [-0.05, 0) is 11.5 Å². The first kappa shape index (κ1) is 13.2. The minimum atomic E-state index is -0.417. The molecule has 2 rings (SSSR count). The van der Waals surface area contributed by atoms with E-state index in [0.29, 0.717) is 16.7 Å². The normalized spacial score (nSPS) is 11.5. The Labute approximate surface area is 111 Å². The molecule has 0 aliphatic heterocycles. The second kappa shape index (κ2) is 4.79. The highest BCUT2D eigenvalue weighted by Crippen LogP contribution is 2.25. The first-order valence-corrected chi connectivity index (χ1v) is 6.00. The van der Waals surface area contributed by atoms with Gasteiger partial charge >= 0.3 is 0 Å². The molecule has 6 heteroatoms. The number of anilines is 1. The Kier molecular flexibility index (Phi) is 3.33. The smallest absolute Gasteiger partial charge is 0.270 e. The van der Waals surface area contributed by atoms with E-state index in [-0.39, 0.29) is 11.1 Å². The zero-order valence-corrected chi connectivity index (χ0v) is 11.2. The largest absolute Gasteiger partial charge is 0.369 e. The number of non-ortho nitro benzene ring substituents is 1. The van der Waals surface area contributed by atoms with Crippen molar-refractivity contribution in [2.24, 2.45) is 5.41 Å². The lowest BCUT2D eigenvalue weighted by Crippen LogP contribution is -2.19. The number of nitro groups is 1. The summed E-state index contributed by atoms with van der Waals surface area (Å²) in [5.74, 6) is 0.628. The molecule has 1 N–H and O–H groups in total. The molecule has 0 saturated heterocycles. The van der Waals surface area contributed by atoms with Crippen LogP contribution in [0.1, 0.15) is 20.8 Å². The Morgan fingerprint density at radius 1 is 1.32 bits per heavy atom. The van der Waals surface area contributed by atoms with Gasteiger partial charge in [0.1, 0.15) is 12.1 Å². The predicted molar refractivity (Wildman–Crippen MR) is 74.1 cm³/mol. The van der Waals surface area contributed by atoms with Crippen molar-refractivity contribution in [3.8, 4) is 0 Å². The molecule has 2 aromatic rings. The van der Waals surface area contributed by atoms with Crippen LogP contribution in [-0.2, 0) is 0 Å². The Bertz CT molecular complexity index is 620. The summed E-state index contributed by atoms with van der Waals surface area (Å²) in [6, 6.07) is 4.58. The van der Waals surface area contributed by atoms with Gasteiger partial charge in [0.05, 0.1) is 10.4 Å². The van der Waals surface area contributed by atoms with Crippen LogP contribution in [0, 0.1) is 15.5 Å². The molecular formula is C13H16N4O2. The van der Waals surface area contributed by atoms with Gasteiger partial charge in [-0.2, -0.15) is 0 Å². The van der Waals surface area contributed by atoms with Crippen LogP contribution in [-0.4, -0.2) is 21.4 Å². The quantitative estimate of drug-likeness (QED) is 0.677. The van der Waals surface area contributed by atoms with Crippen molar-refractivity contribution in [1.29, 1.82) is 0 Å². The van der Waals surface area contributed by atoms with Crippen LogP contribution in [0.4, 0.5) is 11.5 Å². The lowest BCUT2D eigenvalue weighted by molar-refractivity contribution is -0.384. The van der Waals surface area contributed by atoms with Crippen molar-refractivity contribution in [3.63, 3.8) is 0 Å². The summed E-state index contributed by atoms with van der Waals surface area (Å²) in [6.45, 7) is 7.03. The Morgan fingerprint density at radius 2 is 2.05 bits per heavy atom. The van der Waals surface area contributed by atoms with Gasteiger partial charge in [0.2, 0.25) is 0 Å². The second-order valence-electron chi connectivity index (χ2n) is 5.60. The predicted octanol–water partition coefficient (Wildman–Crippen LogP) is 3.00. The molecule has 1 aromatic carbocycles. The van der Waals surface area contributed by atoms with Gasteiger partial charge < -0.3 is 5.32 Å². The van der Waals surface area contributed by atoms with Gasteiger partial charge in [0.25, 0.3) is 5.69 Å². The molecule has 100 valence electrons. The molecule has 0 atom stereocenters. The minimum absolute atomic E-state index is 0.0427. The van der Waals surface area contributed by atoms with E-state index in [1.807, 2.05) is 0 Å². The van der Waals surface area contributed by atoms with Crippen LogP contribution in [0.2, 0.25) is 0 Å². The SMILES string of the molecule is CC(C)(C)CNc1ncnc2ccc([N+](=O)[O-])cc12. The number of aromatic nitrogens is 2. The molecular weight excluding hydrogens is 244 g/mol. The molecule has 1 heterocycles. The average Bonchev–Trinajstić information content (AvgIpc) is 2.34. The summed E-state index contributed by atoms with van der Waals surface area (Å²) in [6.07, 6.45) is 1.46. The lowest BCUT2D eigenvalue weighted by Gasteiger charge is -2.19. The summed E-state index contributed by atoms with van der Waals surface area (Å²) in [5, 5.41) is 14.7. The fourth-order valence-corrected chi connectivity index (χ4v) is 1.65. The third-order valence-electron chi connectivity index (χ3n) is 2.62. The number of rotatable bonds is 3. The fourth-order valence-electron chi connectivity index (χ4n) is 1.65. The molecule has 0 spiro atoms. The van der Waals surface area contributed by atoms with Crippen molar-refractivity contribution < 1.29 is 4.92 Å². The first-order chi connectivity index (χ1) is 8.87. The summed E-state index contributed by atoms with van der Waals surface area (Å²) >= 11 is 0. The summed E-state index contributed by atoms with van der Waals surface area (Å²) in [5.41, 5.74) is 0.830. The van der Waals surface area contributed by atoms with Crippen LogP contribution in [0.5, 0.6) is 0 Å². The van der Waals surface area contributed by atoms with Crippen molar-refractivity contribution in [1.82, 2.24) is 9.97 Å². The Balaban J connectivity index is 2.42. The highest BCUT2D eigenvalue weighted by molar-refractivity contribution is 5.90. The summed E-state index contributed by atoms with van der Waals surface area (Å²) in [7, 11) is 0. The van der Waals surface area contributed by atoms with E-state index in [4.69, 9.17) is 0 Å². The molecule has 0 fully saturated rings. The number of hydrogen-bond donors (Lipinski definition) is 1. The van der Waals surface area contributed by atoms with Gasteiger partial charge in [-0.1, -0.05) is 20.8 Å². The standard InChI is InChI=1S/C13H16N4O2/c1-13(2,3)7-14-12-10-6-9(17(18)19)4-5-11(10)15-8-16-12/h4-6,8H,7H2,1-3H3,(H,14,15,16). The second-order valence-corrected chi connectivity index (χ2v) is 5.60. The number of fused-ring (bicyclic) bond motifs is 1. The van der Waals surface area contributed by atoms with Crippen molar-refractivity contribution in [2.75, 3.05) is 11.9 Å². The molecule has 0 saturated carbocycles. The van der Waals surface area contributed by atoms with E-state index >= 15 is 0 Å². The van der Waals surface area contributed by atoms with Gasteiger partial charge in [-0.25, -0.2) is 9.97 Å². The highest BCUT2D eigenvalue weighted by atomic mass is 16.6. The van der Waals surface area contributed by atoms with E-state index in [1.165, 1.54) is 18.5 Å².